The van der Waals surface area contributed by atoms with Gasteiger partial charge < -0.3 is 5.11 Å². The molecule has 1 heterocycles. The highest BCUT2D eigenvalue weighted by atomic mass is 32.2. The first-order chi connectivity index (χ1) is 7.30. The van der Waals surface area contributed by atoms with Crippen LogP contribution in [0.4, 0.5) is 17.6 Å². The van der Waals surface area contributed by atoms with Crippen LogP contribution in [0.25, 0.3) is 0 Å². The van der Waals surface area contributed by atoms with Gasteiger partial charge in [-0.3, -0.25) is 0 Å². The van der Waals surface area contributed by atoms with Crippen molar-refractivity contribution >= 4 is 17.7 Å². The predicted molar refractivity (Wildman–Crippen MR) is 47.6 cm³/mol. The van der Waals surface area contributed by atoms with Crippen molar-refractivity contribution < 1.29 is 27.5 Å². The molecule has 0 amide bonds. The number of carbonyl (C=O) groups is 1. The van der Waals surface area contributed by atoms with Gasteiger partial charge in [0.15, 0.2) is 0 Å². The van der Waals surface area contributed by atoms with Gasteiger partial charge in [-0.2, -0.15) is 13.2 Å². The highest BCUT2D eigenvalue weighted by molar-refractivity contribution is 8.00. The topological polar surface area (TPSA) is 50.2 Å². The Morgan fingerprint density at radius 2 is 2.06 bits per heavy atom. The minimum absolute atomic E-state index is 0.122. The lowest BCUT2D eigenvalue weighted by atomic mass is 10.3. The van der Waals surface area contributed by atoms with E-state index < -0.39 is 23.2 Å². The van der Waals surface area contributed by atoms with Gasteiger partial charge in [0.05, 0.1) is 10.6 Å². The largest absolute Gasteiger partial charge is 0.478 e. The van der Waals surface area contributed by atoms with Crippen molar-refractivity contribution in [3.05, 3.63) is 23.9 Å². The number of nitrogens with zero attached hydrogens (tertiary/aromatic N) is 1. The lowest BCUT2D eigenvalue weighted by molar-refractivity contribution is -0.139. The van der Waals surface area contributed by atoms with Gasteiger partial charge >= 0.3 is 12.1 Å². The van der Waals surface area contributed by atoms with Gasteiger partial charge in [0.2, 0.25) is 5.50 Å². The number of carboxylic acids is 1. The van der Waals surface area contributed by atoms with E-state index in [1.807, 2.05) is 0 Å². The molecule has 1 atom stereocenters. The van der Waals surface area contributed by atoms with E-state index in [0.717, 1.165) is 6.07 Å². The third-order valence-corrected chi connectivity index (χ3v) is 2.37. The zero-order valence-corrected chi connectivity index (χ0v) is 8.35. The van der Waals surface area contributed by atoms with E-state index in [1.54, 1.807) is 0 Å². The van der Waals surface area contributed by atoms with E-state index in [2.05, 4.69) is 4.98 Å². The molecule has 1 rings (SSSR count). The number of alkyl halides is 4. The first-order valence-corrected chi connectivity index (χ1v) is 4.75. The third kappa shape index (κ3) is 3.37. The summed E-state index contributed by atoms with van der Waals surface area (Å²) >= 11 is 0.226. The number of aromatic nitrogens is 1. The number of pyridine rings is 1. The molecule has 0 aliphatic rings. The molecule has 0 spiro atoms. The molecule has 1 unspecified atom stereocenters. The van der Waals surface area contributed by atoms with E-state index in [1.165, 1.54) is 0 Å². The summed E-state index contributed by atoms with van der Waals surface area (Å²) in [5, 5.41) is 8.10. The molecular weight excluding hydrogens is 250 g/mol. The van der Waals surface area contributed by atoms with Crippen molar-refractivity contribution in [2.45, 2.75) is 16.7 Å². The first-order valence-electron chi connectivity index (χ1n) is 3.87. The van der Waals surface area contributed by atoms with Crippen LogP contribution in [0.1, 0.15) is 5.56 Å². The summed E-state index contributed by atoms with van der Waals surface area (Å²) in [5.41, 5.74) is -3.22. The van der Waals surface area contributed by atoms with Crippen LogP contribution in [0.5, 0.6) is 0 Å². The van der Waals surface area contributed by atoms with Crippen LogP contribution in [-0.2, 0) is 11.0 Å². The highest BCUT2D eigenvalue weighted by Crippen LogP contribution is 2.30. The average Bonchev–Trinajstić information content (AvgIpc) is 2.17. The third-order valence-electron chi connectivity index (χ3n) is 1.48. The maximum absolute atomic E-state index is 12.6. The SMILES string of the molecule is O=C(O)C(F)Sc1ccc(C(F)(F)F)cn1. The van der Waals surface area contributed by atoms with Crippen molar-refractivity contribution in [2.24, 2.45) is 0 Å². The Hall–Kier alpha value is -1.31. The number of thioether (sulfide) groups is 1. The second-order valence-electron chi connectivity index (χ2n) is 2.66. The van der Waals surface area contributed by atoms with Crippen molar-refractivity contribution in [3.63, 3.8) is 0 Å². The smallest absolute Gasteiger partial charge is 0.417 e. The van der Waals surface area contributed by atoms with Crippen LogP contribution >= 0.6 is 11.8 Å². The summed E-state index contributed by atoms with van der Waals surface area (Å²) in [6.45, 7) is 0. The molecular formula is C8H5F4NO2S. The molecule has 0 fully saturated rings. The maximum atomic E-state index is 12.6. The van der Waals surface area contributed by atoms with Crippen LogP contribution in [0.3, 0.4) is 0 Å². The molecule has 0 radical (unpaired) electrons. The van der Waals surface area contributed by atoms with E-state index >= 15 is 0 Å². The zero-order valence-electron chi connectivity index (χ0n) is 7.53. The summed E-state index contributed by atoms with van der Waals surface area (Å²) in [6, 6.07) is 1.63. The Balaban J connectivity index is 2.76. The number of aliphatic carboxylic acids is 1. The van der Waals surface area contributed by atoms with Crippen molar-refractivity contribution in [3.8, 4) is 0 Å². The van der Waals surface area contributed by atoms with Crippen LogP contribution in [0, 0.1) is 0 Å². The first kappa shape index (κ1) is 12.8. The lowest BCUT2D eigenvalue weighted by Crippen LogP contribution is -2.10. The van der Waals surface area contributed by atoms with Crippen molar-refractivity contribution in [1.82, 2.24) is 4.98 Å². The molecule has 8 heteroatoms. The van der Waals surface area contributed by atoms with Gasteiger partial charge in [-0.05, 0) is 12.1 Å². The number of carboxylic acid groups (broad SMARTS) is 1. The van der Waals surface area contributed by atoms with Crippen molar-refractivity contribution in [2.75, 3.05) is 0 Å². The summed E-state index contributed by atoms with van der Waals surface area (Å²) < 4.78 is 48.9. The van der Waals surface area contributed by atoms with Crippen molar-refractivity contribution in [1.29, 1.82) is 0 Å². The summed E-state index contributed by atoms with van der Waals surface area (Å²) in [7, 11) is 0. The quantitative estimate of drug-likeness (QED) is 0.666. The monoisotopic (exact) mass is 255 g/mol. The summed E-state index contributed by atoms with van der Waals surface area (Å²) in [6.07, 6.45) is -3.99. The fourth-order valence-corrected chi connectivity index (χ4v) is 1.35. The summed E-state index contributed by atoms with van der Waals surface area (Å²) in [5.74, 6) is -1.70. The molecule has 0 aliphatic heterocycles. The minimum atomic E-state index is -4.52. The second kappa shape index (κ2) is 4.69. The van der Waals surface area contributed by atoms with Crippen LogP contribution in [0.2, 0.25) is 0 Å². The Bertz CT molecular complexity index is 379. The second-order valence-corrected chi connectivity index (χ2v) is 3.72. The maximum Gasteiger partial charge on any atom is 0.417 e. The van der Waals surface area contributed by atoms with Crippen LogP contribution in [0.15, 0.2) is 23.4 Å². The fraction of sp³-hybridized carbons (Fsp3) is 0.250. The van der Waals surface area contributed by atoms with Gasteiger partial charge in [-0.25, -0.2) is 14.2 Å². The van der Waals surface area contributed by atoms with Gasteiger partial charge in [0, 0.05) is 6.20 Å². The van der Waals surface area contributed by atoms with Crippen LogP contribution < -0.4 is 0 Å². The number of rotatable bonds is 3. The Kier molecular flexibility index (Phi) is 3.74. The van der Waals surface area contributed by atoms with Gasteiger partial charge in [-0.1, -0.05) is 11.8 Å². The molecule has 0 saturated heterocycles. The molecule has 88 valence electrons. The fourth-order valence-electron chi connectivity index (χ4n) is 0.774. The van der Waals surface area contributed by atoms with E-state index in [9.17, 15) is 22.4 Å². The van der Waals surface area contributed by atoms with Crippen LogP contribution in [-0.4, -0.2) is 21.6 Å². The zero-order chi connectivity index (χ0) is 12.3. The predicted octanol–water partition coefficient (Wildman–Crippen LogP) is 2.57. The van der Waals surface area contributed by atoms with Gasteiger partial charge in [-0.15, -0.1) is 0 Å². The molecule has 1 N–H and O–H groups in total. The molecule has 3 nitrogen and oxygen atoms in total. The molecule has 0 saturated carbocycles. The average molecular weight is 255 g/mol. The van der Waals surface area contributed by atoms with E-state index in [0.29, 0.717) is 12.3 Å². The number of halogens is 4. The number of hydrogen-bond donors (Lipinski definition) is 1. The minimum Gasteiger partial charge on any atom is -0.478 e. The molecule has 1 aromatic rings. The molecule has 16 heavy (non-hydrogen) atoms. The Morgan fingerprint density at radius 1 is 1.44 bits per heavy atom. The molecule has 1 aromatic heterocycles. The normalized spacial score (nSPS) is 13.5. The number of hydrogen-bond acceptors (Lipinski definition) is 3. The molecule has 0 bridgehead atoms. The standard InChI is InChI=1S/C8H5F4NO2S/c9-6(7(14)15)16-5-2-1-4(3-13-5)8(10,11)12/h1-3,6H,(H,14,15). The Morgan fingerprint density at radius 3 is 2.44 bits per heavy atom. The summed E-state index contributed by atoms with van der Waals surface area (Å²) in [4.78, 5) is 13.4. The Labute approximate surface area is 91.5 Å². The van der Waals surface area contributed by atoms with Gasteiger partial charge in [0.1, 0.15) is 0 Å². The molecule has 0 aromatic carbocycles. The lowest BCUT2D eigenvalue weighted by Gasteiger charge is -2.06. The molecule has 0 aliphatic carbocycles. The highest BCUT2D eigenvalue weighted by Gasteiger charge is 2.30. The van der Waals surface area contributed by atoms with E-state index in [4.69, 9.17) is 5.11 Å². The van der Waals surface area contributed by atoms with E-state index in [-0.39, 0.29) is 16.8 Å². The van der Waals surface area contributed by atoms with Gasteiger partial charge in [0.25, 0.3) is 0 Å².